The molecule has 0 aliphatic heterocycles. The molecule has 0 spiro atoms. The molecule has 0 radical (unpaired) electrons. The molecule has 148 valence electrons. The second-order valence-electron chi connectivity index (χ2n) is 6.55. The zero-order chi connectivity index (χ0) is 20.4. The number of para-hydroxylation sites is 1. The molecule has 1 heterocycles. The van der Waals surface area contributed by atoms with Crippen LogP contribution in [0.25, 0.3) is 21.9 Å². The number of methoxy groups -OCH3 is 3. The van der Waals surface area contributed by atoms with E-state index in [1.807, 2.05) is 30.3 Å². The first-order chi connectivity index (χ1) is 14.1. The van der Waals surface area contributed by atoms with Crippen molar-refractivity contribution in [3.05, 3.63) is 60.2 Å². The number of amides is 1. The number of hydrogen-bond acceptors (Lipinski definition) is 5. The molecule has 0 aliphatic rings. The minimum Gasteiger partial charge on any atom is -0.497 e. The van der Waals surface area contributed by atoms with Crippen molar-refractivity contribution in [2.45, 2.75) is 6.42 Å². The largest absolute Gasteiger partial charge is 0.497 e. The average molecular weight is 391 g/mol. The van der Waals surface area contributed by atoms with Crippen molar-refractivity contribution in [2.75, 3.05) is 26.6 Å². The SMILES string of the molecule is COc1ccc(OC)c(CC(=O)Nc2cc3oc4ccccc4c3cc2OC)c1. The molecule has 0 saturated heterocycles. The van der Waals surface area contributed by atoms with E-state index in [1.165, 1.54) is 0 Å². The van der Waals surface area contributed by atoms with E-state index in [0.29, 0.717) is 28.5 Å². The van der Waals surface area contributed by atoms with E-state index in [0.717, 1.165) is 21.9 Å². The molecule has 4 aromatic rings. The number of fused-ring (bicyclic) bond motifs is 3. The van der Waals surface area contributed by atoms with E-state index in [1.54, 1.807) is 45.6 Å². The molecule has 0 unspecified atom stereocenters. The summed E-state index contributed by atoms with van der Waals surface area (Å²) < 4.78 is 22.0. The molecule has 29 heavy (non-hydrogen) atoms. The number of hydrogen-bond donors (Lipinski definition) is 1. The van der Waals surface area contributed by atoms with Gasteiger partial charge in [-0.05, 0) is 30.3 Å². The topological polar surface area (TPSA) is 69.9 Å². The lowest BCUT2D eigenvalue weighted by Gasteiger charge is -2.12. The maximum Gasteiger partial charge on any atom is 0.229 e. The van der Waals surface area contributed by atoms with Crippen molar-refractivity contribution in [1.29, 1.82) is 0 Å². The van der Waals surface area contributed by atoms with Gasteiger partial charge in [0, 0.05) is 22.4 Å². The molecule has 6 heteroatoms. The minimum absolute atomic E-state index is 0.127. The van der Waals surface area contributed by atoms with Crippen LogP contribution in [0.15, 0.2) is 59.0 Å². The third-order valence-corrected chi connectivity index (χ3v) is 4.81. The fourth-order valence-electron chi connectivity index (χ4n) is 3.41. The molecule has 6 nitrogen and oxygen atoms in total. The fraction of sp³-hybridized carbons (Fsp3) is 0.174. The Morgan fingerprint density at radius 1 is 0.862 bits per heavy atom. The third-order valence-electron chi connectivity index (χ3n) is 4.81. The fourth-order valence-corrected chi connectivity index (χ4v) is 3.41. The Hall–Kier alpha value is -3.67. The number of anilines is 1. The highest BCUT2D eigenvalue weighted by Crippen LogP contribution is 2.36. The lowest BCUT2D eigenvalue weighted by molar-refractivity contribution is -0.115. The van der Waals surface area contributed by atoms with Crippen LogP contribution in [0.1, 0.15) is 5.56 Å². The maximum atomic E-state index is 12.7. The molecular formula is C23H21NO5. The first-order valence-corrected chi connectivity index (χ1v) is 9.13. The molecule has 1 aromatic heterocycles. The van der Waals surface area contributed by atoms with Gasteiger partial charge >= 0.3 is 0 Å². The Morgan fingerprint density at radius 2 is 1.66 bits per heavy atom. The van der Waals surface area contributed by atoms with Gasteiger partial charge in [0.15, 0.2) is 0 Å². The Balaban J connectivity index is 1.65. The van der Waals surface area contributed by atoms with E-state index in [2.05, 4.69) is 5.32 Å². The molecule has 0 atom stereocenters. The third kappa shape index (κ3) is 3.57. The van der Waals surface area contributed by atoms with Crippen LogP contribution in [0.4, 0.5) is 5.69 Å². The Labute approximate surface area is 168 Å². The molecular weight excluding hydrogens is 370 g/mol. The van der Waals surface area contributed by atoms with Crippen molar-refractivity contribution in [2.24, 2.45) is 0 Å². The highest BCUT2D eigenvalue weighted by molar-refractivity contribution is 6.07. The second kappa shape index (κ2) is 7.75. The van der Waals surface area contributed by atoms with Crippen LogP contribution in [-0.4, -0.2) is 27.2 Å². The number of ether oxygens (including phenoxy) is 3. The van der Waals surface area contributed by atoms with Gasteiger partial charge in [0.05, 0.1) is 33.4 Å². The van der Waals surface area contributed by atoms with Crippen LogP contribution >= 0.6 is 0 Å². The van der Waals surface area contributed by atoms with E-state index in [4.69, 9.17) is 18.6 Å². The van der Waals surface area contributed by atoms with Crippen molar-refractivity contribution < 1.29 is 23.4 Å². The monoisotopic (exact) mass is 391 g/mol. The molecule has 4 rings (SSSR count). The zero-order valence-electron chi connectivity index (χ0n) is 16.4. The van der Waals surface area contributed by atoms with Gasteiger partial charge in [0.2, 0.25) is 5.91 Å². The standard InChI is InChI=1S/C23H21NO5/c1-26-15-8-9-19(27-2)14(10-15)11-23(25)24-18-13-21-17(12-22(18)28-3)16-6-4-5-7-20(16)29-21/h4-10,12-13H,11H2,1-3H3,(H,24,25). The van der Waals surface area contributed by atoms with Crippen LogP contribution in [0, 0.1) is 0 Å². The van der Waals surface area contributed by atoms with Gasteiger partial charge < -0.3 is 23.9 Å². The Kier molecular flexibility index (Phi) is 4.99. The summed E-state index contributed by atoms with van der Waals surface area (Å²) in [5, 5.41) is 4.85. The lowest BCUT2D eigenvalue weighted by atomic mass is 10.1. The molecule has 1 N–H and O–H groups in total. The van der Waals surface area contributed by atoms with Crippen LogP contribution in [0.3, 0.4) is 0 Å². The van der Waals surface area contributed by atoms with Crippen molar-refractivity contribution in [3.63, 3.8) is 0 Å². The zero-order valence-corrected chi connectivity index (χ0v) is 16.4. The van der Waals surface area contributed by atoms with Crippen LogP contribution in [0.2, 0.25) is 0 Å². The quantitative estimate of drug-likeness (QED) is 0.512. The van der Waals surface area contributed by atoms with Gasteiger partial charge in [-0.2, -0.15) is 0 Å². The summed E-state index contributed by atoms with van der Waals surface area (Å²) in [6, 6.07) is 16.8. The molecule has 0 fully saturated rings. The summed E-state index contributed by atoms with van der Waals surface area (Å²) in [5.74, 6) is 1.65. The predicted molar refractivity (Wildman–Crippen MR) is 112 cm³/mol. The molecule has 0 saturated carbocycles. The summed E-state index contributed by atoms with van der Waals surface area (Å²) in [6.07, 6.45) is 0.127. The summed E-state index contributed by atoms with van der Waals surface area (Å²) in [6.45, 7) is 0. The van der Waals surface area contributed by atoms with Crippen LogP contribution < -0.4 is 19.5 Å². The Bertz CT molecular complexity index is 1190. The second-order valence-corrected chi connectivity index (χ2v) is 6.55. The van der Waals surface area contributed by atoms with Gasteiger partial charge in [-0.1, -0.05) is 18.2 Å². The highest BCUT2D eigenvalue weighted by atomic mass is 16.5. The van der Waals surface area contributed by atoms with Crippen molar-refractivity contribution in [3.8, 4) is 17.2 Å². The average Bonchev–Trinajstić information content (AvgIpc) is 3.10. The number of carbonyl (C=O) groups excluding carboxylic acids is 1. The molecule has 1 amide bonds. The molecule has 3 aromatic carbocycles. The number of carbonyl (C=O) groups is 1. The van der Waals surface area contributed by atoms with Gasteiger partial charge in [-0.3, -0.25) is 4.79 Å². The van der Waals surface area contributed by atoms with Gasteiger partial charge in [0.1, 0.15) is 28.4 Å². The normalized spacial score (nSPS) is 10.9. The number of furan rings is 1. The maximum absolute atomic E-state index is 12.7. The van der Waals surface area contributed by atoms with Crippen LogP contribution in [0.5, 0.6) is 17.2 Å². The predicted octanol–water partition coefficient (Wildman–Crippen LogP) is 4.79. The van der Waals surface area contributed by atoms with Gasteiger partial charge in [-0.15, -0.1) is 0 Å². The van der Waals surface area contributed by atoms with E-state index in [9.17, 15) is 4.79 Å². The van der Waals surface area contributed by atoms with E-state index < -0.39 is 0 Å². The van der Waals surface area contributed by atoms with E-state index >= 15 is 0 Å². The van der Waals surface area contributed by atoms with Crippen molar-refractivity contribution >= 4 is 33.5 Å². The minimum atomic E-state index is -0.203. The van der Waals surface area contributed by atoms with Gasteiger partial charge in [-0.25, -0.2) is 0 Å². The first-order valence-electron chi connectivity index (χ1n) is 9.13. The Morgan fingerprint density at radius 3 is 2.41 bits per heavy atom. The van der Waals surface area contributed by atoms with Crippen LogP contribution in [-0.2, 0) is 11.2 Å². The smallest absolute Gasteiger partial charge is 0.229 e. The summed E-state index contributed by atoms with van der Waals surface area (Å²) in [7, 11) is 4.73. The van der Waals surface area contributed by atoms with Gasteiger partial charge in [0.25, 0.3) is 0 Å². The number of rotatable bonds is 6. The highest BCUT2D eigenvalue weighted by Gasteiger charge is 2.16. The van der Waals surface area contributed by atoms with E-state index in [-0.39, 0.29) is 12.3 Å². The molecule has 0 bridgehead atoms. The van der Waals surface area contributed by atoms with Crippen molar-refractivity contribution in [1.82, 2.24) is 0 Å². The summed E-state index contributed by atoms with van der Waals surface area (Å²) >= 11 is 0. The molecule has 0 aliphatic carbocycles. The first kappa shape index (κ1) is 18.7. The summed E-state index contributed by atoms with van der Waals surface area (Å²) in [4.78, 5) is 12.7. The number of nitrogens with one attached hydrogen (secondary N) is 1. The summed E-state index contributed by atoms with van der Waals surface area (Å²) in [5.41, 5.74) is 2.74. The lowest BCUT2D eigenvalue weighted by Crippen LogP contribution is -2.15. The number of benzene rings is 3.